The Bertz CT molecular complexity index is 3360. The van der Waals surface area contributed by atoms with E-state index in [0.717, 1.165) is 61.4 Å². The predicted octanol–water partition coefficient (Wildman–Crippen LogP) is 16.1. The van der Waals surface area contributed by atoms with Gasteiger partial charge in [0.25, 0.3) is 0 Å². The minimum absolute atomic E-state index is 0.209. The van der Waals surface area contributed by atoms with Crippen LogP contribution >= 0.6 is 11.3 Å². The summed E-state index contributed by atoms with van der Waals surface area (Å²) in [6.45, 7) is 2.06. The summed E-state index contributed by atoms with van der Waals surface area (Å²) in [5.74, 6) is -0.209. The van der Waals surface area contributed by atoms with Crippen LogP contribution in [-0.2, 0) is 0 Å². The summed E-state index contributed by atoms with van der Waals surface area (Å²) in [7, 11) is 0. The van der Waals surface area contributed by atoms with E-state index in [1.165, 1.54) is 36.9 Å². The summed E-state index contributed by atoms with van der Waals surface area (Å²) in [6.07, 6.45) is 0. The Morgan fingerprint density at radius 1 is 0.424 bits per heavy atom. The minimum Gasteiger partial charge on any atom is -0.310 e. The molecule has 0 fully saturated rings. The van der Waals surface area contributed by atoms with Crippen molar-refractivity contribution >= 4 is 70.4 Å². The second-order valence-electron chi connectivity index (χ2n) is 15.1. The second-order valence-corrected chi connectivity index (χ2v) is 16.2. The predicted molar refractivity (Wildman–Crippen MR) is 249 cm³/mol. The van der Waals surface area contributed by atoms with Gasteiger partial charge in [-0.25, -0.2) is 4.39 Å². The first-order chi connectivity index (χ1) is 29.1. The summed E-state index contributed by atoms with van der Waals surface area (Å²) in [5, 5.41) is 4.16. The van der Waals surface area contributed by atoms with E-state index in [0.29, 0.717) is 5.39 Å². The number of anilines is 3. The van der Waals surface area contributed by atoms with Gasteiger partial charge in [-0.1, -0.05) is 133 Å². The van der Waals surface area contributed by atoms with Gasteiger partial charge in [-0.15, -0.1) is 11.3 Å². The van der Waals surface area contributed by atoms with Gasteiger partial charge in [0.2, 0.25) is 0 Å². The normalized spacial score (nSPS) is 11.6. The number of fused-ring (bicyclic) bond motifs is 6. The Kier molecular flexibility index (Phi) is 8.46. The lowest BCUT2D eigenvalue weighted by molar-refractivity contribution is 0.640. The van der Waals surface area contributed by atoms with Crippen molar-refractivity contribution in [2.24, 2.45) is 0 Å². The average Bonchev–Trinajstić information content (AvgIpc) is 3.83. The van der Waals surface area contributed by atoms with Gasteiger partial charge in [-0.3, -0.25) is 0 Å². The molecule has 9 aromatic carbocycles. The van der Waals surface area contributed by atoms with Crippen LogP contribution in [-0.4, -0.2) is 4.57 Å². The molecule has 59 heavy (non-hydrogen) atoms. The quantitative estimate of drug-likeness (QED) is 0.156. The van der Waals surface area contributed by atoms with Crippen molar-refractivity contribution in [1.29, 1.82) is 0 Å². The molecule has 0 spiro atoms. The van der Waals surface area contributed by atoms with Crippen LogP contribution in [0.2, 0.25) is 0 Å². The highest BCUT2D eigenvalue weighted by atomic mass is 32.1. The monoisotopic (exact) mass is 776 g/mol. The van der Waals surface area contributed by atoms with Crippen LogP contribution < -0.4 is 4.90 Å². The molecular weight excluding hydrogens is 740 g/mol. The molecule has 2 heterocycles. The van der Waals surface area contributed by atoms with Crippen LogP contribution in [0.4, 0.5) is 21.5 Å². The fraction of sp³-hybridized carbons (Fsp3) is 0.0182. The number of aromatic nitrogens is 1. The lowest BCUT2D eigenvalue weighted by atomic mass is 9.98. The van der Waals surface area contributed by atoms with Gasteiger partial charge in [0.1, 0.15) is 5.82 Å². The number of aryl methyl sites for hydroxylation is 1. The Morgan fingerprint density at radius 2 is 1.08 bits per heavy atom. The number of rotatable bonds is 7. The molecule has 0 aliphatic carbocycles. The van der Waals surface area contributed by atoms with Crippen LogP contribution in [0.15, 0.2) is 206 Å². The van der Waals surface area contributed by atoms with Crippen molar-refractivity contribution in [3.05, 3.63) is 218 Å². The fourth-order valence-electron chi connectivity index (χ4n) is 8.83. The van der Waals surface area contributed by atoms with Gasteiger partial charge >= 0.3 is 0 Å². The number of thiophene rings is 1. The van der Waals surface area contributed by atoms with E-state index in [4.69, 9.17) is 0 Å². The summed E-state index contributed by atoms with van der Waals surface area (Å²) < 4.78 is 20.3. The third-order valence-corrected chi connectivity index (χ3v) is 12.6. The van der Waals surface area contributed by atoms with Crippen LogP contribution in [0.3, 0.4) is 0 Å². The van der Waals surface area contributed by atoms with Crippen molar-refractivity contribution in [2.45, 2.75) is 6.92 Å². The molecule has 0 N–H and O–H groups in total. The van der Waals surface area contributed by atoms with Crippen molar-refractivity contribution in [3.8, 4) is 39.1 Å². The number of hydrogen-bond donors (Lipinski definition) is 0. The molecule has 0 aliphatic heterocycles. The molecule has 2 aromatic heterocycles. The summed E-state index contributed by atoms with van der Waals surface area (Å²) in [5.41, 5.74) is 14.0. The van der Waals surface area contributed by atoms with Gasteiger partial charge in [0.05, 0.1) is 16.7 Å². The molecule has 0 aliphatic rings. The molecule has 11 aromatic rings. The number of para-hydroxylation sites is 1. The number of nitrogens with zero attached hydrogens (tertiary/aromatic N) is 2. The van der Waals surface area contributed by atoms with Crippen molar-refractivity contribution < 1.29 is 4.39 Å². The van der Waals surface area contributed by atoms with Crippen molar-refractivity contribution in [1.82, 2.24) is 4.57 Å². The minimum atomic E-state index is -0.209. The zero-order valence-electron chi connectivity index (χ0n) is 32.3. The van der Waals surface area contributed by atoms with Crippen molar-refractivity contribution in [3.63, 3.8) is 0 Å². The van der Waals surface area contributed by atoms with Crippen LogP contribution in [0.25, 0.3) is 81.0 Å². The van der Waals surface area contributed by atoms with Gasteiger partial charge in [0, 0.05) is 53.6 Å². The van der Waals surface area contributed by atoms with E-state index in [9.17, 15) is 0 Å². The first kappa shape index (κ1) is 34.9. The third kappa shape index (κ3) is 6.00. The maximum Gasteiger partial charge on any atom is 0.133 e. The van der Waals surface area contributed by atoms with E-state index in [1.54, 1.807) is 12.1 Å². The largest absolute Gasteiger partial charge is 0.310 e. The highest BCUT2D eigenvalue weighted by Crippen LogP contribution is 2.44. The first-order valence-corrected chi connectivity index (χ1v) is 20.8. The van der Waals surface area contributed by atoms with E-state index in [1.807, 2.05) is 17.4 Å². The van der Waals surface area contributed by atoms with E-state index < -0.39 is 0 Å². The molecule has 0 amide bonds. The first-order valence-electron chi connectivity index (χ1n) is 19.9. The third-order valence-electron chi connectivity index (χ3n) is 11.5. The Hall–Kier alpha value is -7.27. The fourth-order valence-corrected chi connectivity index (χ4v) is 9.97. The summed E-state index contributed by atoms with van der Waals surface area (Å²) >= 11 is 1.85. The van der Waals surface area contributed by atoms with Crippen LogP contribution in [0.1, 0.15) is 5.56 Å². The molecule has 11 rings (SSSR count). The number of benzene rings is 9. The topological polar surface area (TPSA) is 8.17 Å². The zero-order chi connectivity index (χ0) is 39.5. The van der Waals surface area contributed by atoms with E-state index in [-0.39, 0.29) is 5.82 Å². The summed E-state index contributed by atoms with van der Waals surface area (Å²) in [6, 6.07) is 72.6. The standard InChI is InChI=1S/C55H37FN2S/c1-36-27-32-50-47(33-36)55-48(56)22-12-24-51(55)58(50)49-23-7-5-19-44(49)38-28-30-41(31-29-38)57(42-17-9-15-39(34-42)37-13-3-2-4-14-37)43-18-10-16-40(35-43)45-21-11-26-53-54(45)46-20-6-8-25-52(46)59-53/h2-35H,1H3. The average molecular weight is 777 g/mol. The maximum absolute atomic E-state index is 15.5. The van der Waals surface area contributed by atoms with Crippen molar-refractivity contribution in [2.75, 3.05) is 4.90 Å². The Balaban J connectivity index is 1.06. The smallest absolute Gasteiger partial charge is 0.133 e. The highest BCUT2D eigenvalue weighted by Gasteiger charge is 2.20. The van der Waals surface area contributed by atoms with Gasteiger partial charge in [-0.2, -0.15) is 0 Å². The van der Waals surface area contributed by atoms with Crippen LogP contribution in [0, 0.1) is 12.7 Å². The zero-order valence-corrected chi connectivity index (χ0v) is 33.1. The molecule has 0 bridgehead atoms. The van der Waals surface area contributed by atoms with Gasteiger partial charge in [-0.05, 0) is 114 Å². The molecular formula is C55H37FN2S. The number of hydrogen-bond acceptors (Lipinski definition) is 2. The Morgan fingerprint density at radius 3 is 1.93 bits per heavy atom. The molecule has 0 atom stereocenters. The second kappa shape index (κ2) is 14.3. The molecule has 0 saturated carbocycles. The molecule has 280 valence electrons. The van der Waals surface area contributed by atoms with E-state index >= 15 is 4.39 Å². The molecule has 0 radical (unpaired) electrons. The lowest BCUT2D eigenvalue weighted by Crippen LogP contribution is -2.10. The molecule has 2 nitrogen and oxygen atoms in total. The summed E-state index contributed by atoms with van der Waals surface area (Å²) in [4.78, 5) is 2.36. The number of halogens is 1. The van der Waals surface area contributed by atoms with E-state index in [2.05, 4.69) is 204 Å². The maximum atomic E-state index is 15.5. The Labute approximate surface area is 346 Å². The highest BCUT2D eigenvalue weighted by molar-refractivity contribution is 7.25. The molecule has 4 heteroatoms. The molecule has 0 unspecified atom stereocenters. The molecule has 0 saturated heterocycles. The SMILES string of the molecule is Cc1ccc2c(c1)c1c(F)cccc1n2-c1ccccc1-c1ccc(N(c2cccc(-c3ccccc3)c2)c2cccc(-c3cccc4sc5ccccc5c34)c2)cc1. The van der Waals surface area contributed by atoms with Crippen LogP contribution in [0.5, 0.6) is 0 Å². The van der Waals surface area contributed by atoms with Gasteiger partial charge in [0.15, 0.2) is 0 Å². The van der Waals surface area contributed by atoms with Gasteiger partial charge < -0.3 is 9.47 Å². The lowest BCUT2D eigenvalue weighted by Gasteiger charge is -2.27.